The first-order valence-electron chi connectivity index (χ1n) is 5.62. The van der Waals surface area contributed by atoms with E-state index in [1.165, 1.54) is 17.2 Å². The van der Waals surface area contributed by atoms with Gasteiger partial charge in [-0.1, -0.05) is 35.5 Å². The molecule has 98 valence electrons. The first-order valence-corrected chi connectivity index (χ1v) is 5.62. The maximum absolute atomic E-state index is 12.1. The van der Waals surface area contributed by atoms with E-state index in [4.69, 9.17) is 9.63 Å². The number of carboxylic acid groups (broad SMARTS) is 1. The minimum Gasteiger partial charge on any atom is -0.480 e. The van der Waals surface area contributed by atoms with Crippen molar-refractivity contribution in [2.75, 3.05) is 6.54 Å². The van der Waals surface area contributed by atoms with Crippen molar-refractivity contribution in [3.63, 3.8) is 0 Å². The van der Waals surface area contributed by atoms with Gasteiger partial charge in [-0.05, 0) is 5.56 Å². The summed E-state index contributed by atoms with van der Waals surface area (Å²) >= 11 is 0. The van der Waals surface area contributed by atoms with E-state index >= 15 is 0 Å². The van der Waals surface area contributed by atoms with Gasteiger partial charge in [-0.3, -0.25) is 9.59 Å². The van der Waals surface area contributed by atoms with Crippen LogP contribution < -0.4 is 0 Å². The molecule has 0 fully saturated rings. The number of amides is 1. The largest absolute Gasteiger partial charge is 0.480 e. The molecule has 0 aliphatic rings. The molecule has 19 heavy (non-hydrogen) atoms. The zero-order valence-electron chi connectivity index (χ0n) is 10.0. The highest BCUT2D eigenvalue weighted by Crippen LogP contribution is 2.09. The third kappa shape index (κ3) is 3.41. The van der Waals surface area contributed by atoms with Gasteiger partial charge in [0.1, 0.15) is 6.54 Å². The van der Waals surface area contributed by atoms with Gasteiger partial charge < -0.3 is 14.5 Å². The number of carboxylic acids is 1. The Kier molecular flexibility index (Phi) is 3.92. The van der Waals surface area contributed by atoms with Crippen LogP contribution in [0.4, 0.5) is 0 Å². The molecule has 2 rings (SSSR count). The molecule has 0 spiro atoms. The van der Waals surface area contributed by atoms with Crippen LogP contribution in [0.25, 0.3) is 0 Å². The van der Waals surface area contributed by atoms with Crippen LogP contribution in [-0.2, 0) is 11.3 Å². The van der Waals surface area contributed by atoms with Crippen LogP contribution in [0.1, 0.15) is 16.1 Å². The first-order chi connectivity index (χ1) is 9.16. The number of hydrogen-bond acceptors (Lipinski definition) is 4. The van der Waals surface area contributed by atoms with Crippen LogP contribution in [0.15, 0.2) is 47.1 Å². The van der Waals surface area contributed by atoms with Gasteiger partial charge >= 0.3 is 5.97 Å². The highest BCUT2D eigenvalue weighted by Gasteiger charge is 2.21. The molecule has 1 aromatic heterocycles. The zero-order valence-corrected chi connectivity index (χ0v) is 10.0. The molecule has 0 atom stereocenters. The number of carbonyl (C=O) groups is 2. The van der Waals surface area contributed by atoms with E-state index in [0.717, 1.165) is 5.56 Å². The molecule has 1 amide bonds. The molecule has 6 nitrogen and oxygen atoms in total. The van der Waals surface area contributed by atoms with Gasteiger partial charge in [0.25, 0.3) is 5.91 Å². The van der Waals surface area contributed by atoms with Crippen molar-refractivity contribution < 1.29 is 19.2 Å². The molecule has 1 aromatic carbocycles. The smallest absolute Gasteiger partial charge is 0.323 e. The summed E-state index contributed by atoms with van der Waals surface area (Å²) in [4.78, 5) is 24.1. The van der Waals surface area contributed by atoms with Crippen LogP contribution in [-0.4, -0.2) is 33.6 Å². The Balaban J connectivity index is 2.16. The quantitative estimate of drug-likeness (QED) is 0.878. The van der Waals surface area contributed by atoms with Crippen molar-refractivity contribution >= 4 is 11.9 Å². The lowest BCUT2D eigenvalue weighted by atomic mass is 10.2. The molecule has 0 bridgehead atoms. The van der Waals surface area contributed by atoms with Crippen LogP contribution in [0.2, 0.25) is 0 Å². The molecule has 0 aliphatic heterocycles. The Labute approximate surface area is 109 Å². The summed E-state index contributed by atoms with van der Waals surface area (Å²) in [7, 11) is 0. The van der Waals surface area contributed by atoms with Gasteiger partial charge in [0.15, 0.2) is 0 Å². The molecule has 1 heterocycles. The summed E-state index contributed by atoms with van der Waals surface area (Å²) in [5.41, 5.74) is 0.844. The molecule has 1 N–H and O–H groups in total. The molecule has 0 saturated heterocycles. The van der Waals surface area contributed by atoms with Gasteiger partial charge in [-0.15, -0.1) is 0 Å². The maximum atomic E-state index is 12.1. The Bertz CT molecular complexity index is 551. The number of nitrogens with zero attached hydrogens (tertiary/aromatic N) is 2. The fourth-order valence-electron chi connectivity index (χ4n) is 1.65. The Morgan fingerprint density at radius 3 is 2.53 bits per heavy atom. The number of benzene rings is 1. The van der Waals surface area contributed by atoms with Gasteiger partial charge in [0.2, 0.25) is 5.76 Å². The Hall–Kier alpha value is -2.63. The minimum absolute atomic E-state index is 0.0252. The van der Waals surface area contributed by atoms with E-state index in [9.17, 15) is 9.59 Å². The van der Waals surface area contributed by atoms with Gasteiger partial charge in [0, 0.05) is 12.6 Å². The van der Waals surface area contributed by atoms with E-state index < -0.39 is 18.4 Å². The van der Waals surface area contributed by atoms with Gasteiger partial charge in [-0.25, -0.2) is 0 Å². The standard InChI is InChI=1S/C13H12N2O4/c16-12(17)9-15(8-10-4-2-1-3-5-10)13(18)11-6-7-14-19-11/h1-7H,8-9H2,(H,16,17). The summed E-state index contributed by atoms with van der Waals surface area (Å²) in [6.45, 7) is -0.193. The van der Waals surface area contributed by atoms with E-state index in [2.05, 4.69) is 5.16 Å². The number of aliphatic carboxylic acids is 1. The van der Waals surface area contributed by atoms with Crippen LogP contribution in [0.3, 0.4) is 0 Å². The van der Waals surface area contributed by atoms with Crippen LogP contribution in [0, 0.1) is 0 Å². The van der Waals surface area contributed by atoms with Crippen molar-refractivity contribution in [1.29, 1.82) is 0 Å². The van der Waals surface area contributed by atoms with Crippen LogP contribution >= 0.6 is 0 Å². The van der Waals surface area contributed by atoms with Gasteiger partial charge in [-0.2, -0.15) is 0 Å². The number of carbonyl (C=O) groups excluding carboxylic acids is 1. The predicted molar refractivity (Wildman–Crippen MR) is 65.3 cm³/mol. The average molecular weight is 260 g/mol. The Morgan fingerprint density at radius 2 is 1.95 bits per heavy atom. The van der Waals surface area contributed by atoms with E-state index in [1.54, 1.807) is 0 Å². The van der Waals surface area contributed by atoms with E-state index in [0.29, 0.717) is 0 Å². The third-order valence-electron chi connectivity index (χ3n) is 2.48. The van der Waals surface area contributed by atoms with Crippen LogP contribution in [0.5, 0.6) is 0 Å². The zero-order chi connectivity index (χ0) is 13.7. The maximum Gasteiger partial charge on any atom is 0.323 e. The van der Waals surface area contributed by atoms with Crippen molar-refractivity contribution in [3.8, 4) is 0 Å². The second-order valence-corrected chi connectivity index (χ2v) is 3.92. The van der Waals surface area contributed by atoms with Crippen molar-refractivity contribution in [1.82, 2.24) is 10.1 Å². The highest BCUT2D eigenvalue weighted by atomic mass is 16.5. The lowest BCUT2D eigenvalue weighted by Crippen LogP contribution is -2.35. The number of rotatable bonds is 5. The monoisotopic (exact) mass is 260 g/mol. The second-order valence-electron chi connectivity index (χ2n) is 3.92. The fraction of sp³-hybridized carbons (Fsp3) is 0.154. The normalized spacial score (nSPS) is 10.1. The minimum atomic E-state index is -1.08. The lowest BCUT2D eigenvalue weighted by Gasteiger charge is -2.19. The molecule has 0 saturated carbocycles. The van der Waals surface area contributed by atoms with Crippen molar-refractivity contribution in [2.24, 2.45) is 0 Å². The summed E-state index contributed by atoms with van der Waals surface area (Å²) < 4.78 is 4.76. The second kappa shape index (κ2) is 5.81. The Morgan fingerprint density at radius 1 is 1.21 bits per heavy atom. The topological polar surface area (TPSA) is 83.6 Å². The lowest BCUT2D eigenvalue weighted by molar-refractivity contribution is -0.137. The van der Waals surface area contributed by atoms with Gasteiger partial charge in [0.05, 0.1) is 6.20 Å². The van der Waals surface area contributed by atoms with Crippen molar-refractivity contribution in [2.45, 2.75) is 6.54 Å². The highest BCUT2D eigenvalue weighted by molar-refractivity contribution is 5.93. The first kappa shape index (κ1) is 12.8. The van der Waals surface area contributed by atoms with Crippen molar-refractivity contribution in [3.05, 3.63) is 53.9 Å². The molecular formula is C13H12N2O4. The fourth-order valence-corrected chi connectivity index (χ4v) is 1.65. The molecule has 0 unspecified atom stereocenters. The molecule has 0 aliphatic carbocycles. The number of hydrogen-bond donors (Lipinski definition) is 1. The SMILES string of the molecule is O=C(O)CN(Cc1ccccc1)C(=O)c1ccno1. The molecular weight excluding hydrogens is 248 g/mol. The third-order valence-corrected chi connectivity index (χ3v) is 2.48. The molecule has 0 radical (unpaired) electrons. The average Bonchev–Trinajstić information content (AvgIpc) is 2.91. The summed E-state index contributed by atoms with van der Waals surface area (Å²) in [6.07, 6.45) is 1.34. The molecule has 6 heteroatoms. The van der Waals surface area contributed by atoms with E-state index in [-0.39, 0.29) is 12.3 Å². The molecule has 2 aromatic rings. The summed E-state index contributed by atoms with van der Waals surface area (Å²) in [6, 6.07) is 10.6. The number of aromatic nitrogens is 1. The predicted octanol–water partition coefficient (Wildman–Crippen LogP) is 1.40. The summed E-state index contributed by atoms with van der Waals surface area (Å²) in [5, 5.41) is 12.3. The van der Waals surface area contributed by atoms with E-state index in [1.807, 2.05) is 30.3 Å². The summed E-state index contributed by atoms with van der Waals surface area (Å²) in [5.74, 6) is -1.55.